The summed E-state index contributed by atoms with van der Waals surface area (Å²) in [5, 5.41) is 0. The minimum atomic E-state index is -0.809. The van der Waals surface area contributed by atoms with Gasteiger partial charge in [-0.15, -0.1) is 0 Å². The monoisotopic (exact) mass is 474 g/mol. The summed E-state index contributed by atoms with van der Waals surface area (Å²) in [6, 6.07) is 7.82. The van der Waals surface area contributed by atoms with Crippen LogP contribution < -0.4 is 0 Å². The van der Waals surface area contributed by atoms with Crippen LogP contribution in [0, 0.1) is 25.5 Å². The number of amides is 2. The maximum atomic E-state index is 13.6. The van der Waals surface area contributed by atoms with E-state index in [2.05, 4.69) is 0 Å². The van der Waals surface area contributed by atoms with E-state index in [1.165, 1.54) is 34.1 Å². The van der Waals surface area contributed by atoms with Crippen LogP contribution in [-0.4, -0.2) is 72.9 Å². The van der Waals surface area contributed by atoms with Gasteiger partial charge >= 0.3 is 11.9 Å². The summed E-state index contributed by atoms with van der Waals surface area (Å²) in [7, 11) is 0. The van der Waals surface area contributed by atoms with Gasteiger partial charge in [-0.2, -0.15) is 0 Å². The van der Waals surface area contributed by atoms with Crippen molar-refractivity contribution in [3.05, 3.63) is 70.3 Å². The van der Waals surface area contributed by atoms with Gasteiger partial charge < -0.3 is 19.3 Å². The molecule has 1 fully saturated rings. The number of hydrogen-bond donors (Lipinski definition) is 0. The first-order valence-corrected chi connectivity index (χ1v) is 10.6. The van der Waals surface area contributed by atoms with Crippen molar-refractivity contribution in [1.29, 1.82) is 0 Å². The van der Waals surface area contributed by atoms with Crippen LogP contribution in [0.2, 0.25) is 0 Å². The van der Waals surface area contributed by atoms with Gasteiger partial charge in [-0.05, 0) is 49.2 Å². The lowest BCUT2D eigenvalue weighted by Gasteiger charge is -2.34. The summed E-state index contributed by atoms with van der Waals surface area (Å²) in [6.07, 6.45) is 0. The predicted octanol–water partition coefficient (Wildman–Crippen LogP) is 2.27. The smallest absolute Gasteiger partial charge is 0.338 e. The maximum absolute atomic E-state index is 13.6. The average molecular weight is 474 g/mol. The van der Waals surface area contributed by atoms with E-state index in [4.69, 9.17) is 9.47 Å². The molecule has 0 radical (unpaired) electrons. The van der Waals surface area contributed by atoms with Crippen molar-refractivity contribution in [2.75, 3.05) is 39.4 Å². The van der Waals surface area contributed by atoms with Gasteiger partial charge in [-0.1, -0.05) is 12.1 Å². The largest absolute Gasteiger partial charge is 0.452 e. The van der Waals surface area contributed by atoms with Crippen molar-refractivity contribution in [2.45, 2.75) is 13.8 Å². The van der Waals surface area contributed by atoms with Crippen molar-refractivity contribution >= 4 is 23.8 Å². The first kappa shape index (κ1) is 24.8. The summed E-state index contributed by atoms with van der Waals surface area (Å²) in [5.41, 5.74) is 0.793. The van der Waals surface area contributed by atoms with Crippen LogP contribution >= 0.6 is 0 Å². The van der Waals surface area contributed by atoms with E-state index >= 15 is 0 Å². The Bertz CT molecular complexity index is 1030. The van der Waals surface area contributed by atoms with Crippen LogP contribution in [0.4, 0.5) is 8.78 Å². The van der Waals surface area contributed by atoms with Gasteiger partial charge in [0.1, 0.15) is 11.6 Å². The summed E-state index contributed by atoms with van der Waals surface area (Å²) in [6.45, 7) is 2.94. The number of ether oxygens (including phenoxy) is 2. The second-order valence-electron chi connectivity index (χ2n) is 7.84. The number of benzene rings is 2. The summed E-state index contributed by atoms with van der Waals surface area (Å²) in [4.78, 5) is 51.6. The third-order valence-electron chi connectivity index (χ3n) is 5.45. The van der Waals surface area contributed by atoms with Gasteiger partial charge in [0.25, 0.3) is 11.8 Å². The molecule has 180 valence electrons. The zero-order valence-corrected chi connectivity index (χ0v) is 18.8. The molecule has 0 N–H and O–H groups in total. The molecule has 34 heavy (non-hydrogen) atoms. The molecule has 2 aromatic rings. The van der Waals surface area contributed by atoms with Gasteiger partial charge in [0.15, 0.2) is 13.2 Å². The number of carbonyl (C=O) groups excluding carboxylic acids is 4. The van der Waals surface area contributed by atoms with Crippen molar-refractivity contribution in [1.82, 2.24) is 9.80 Å². The molecule has 0 spiro atoms. The quantitative estimate of drug-likeness (QED) is 0.597. The molecular weight excluding hydrogens is 450 g/mol. The van der Waals surface area contributed by atoms with Gasteiger partial charge in [-0.3, -0.25) is 9.59 Å². The number of aryl methyl sites for hydroxylation is 2. The Morgan fingerprint density at radius 2 is 1.06 bits per heavy atom. The molecule has 8 nitrogen and oxygen atoms in total. The first-order valence-electron chi connectivity index (χ1n) is 10.6. The highest BCUT2D eigenvalue weighted by Crippen LogP contribution is 2.12. The average Bonchev–Trinajstić information content (AvgIpc) is 2.84. The Morgan fingerprint density at radius 1 is 0.706 bits per heavy atom. The van der Waals surface area contributed by atoms with Crippen LogP contribution in [0.25, 0.3) is 0 Å². The highest BCUT2D eigenvalue weighted by Gasteiger charge is 2.26. The molecule has 2 amide bonds. The molecule has 0 aliphatic carbocycles. The lowest BCUT2D eigenvalue weighted by atomic mass is 10.1. The fourth-order valence-corrected chi connectivity index (χ4v) is 3.25. The van der Waals surface area contributed by atoms with E-state index in [0.717, 1.165) is 12.1 Å². The lowest BCUT2D eigenvalue weighted by molar-refractivity contribution is -0.142. The van der Waals surface area contributed by atoms with Gasteiger partial charge in [-0.25, -0.2) is 18.4 Å². The molecule has 0 saturated carbocycles. The van der Waals surface area contributed by atoms with Gasteiger partial charge in [0.2, 0.25) is 0 Å². The zero-order valence-electron chi connectivity index (χ0n) is 18.8. The Kier molecular flexibility index (Phi) is 7.93. The number of esters is 2. The van der Waals surface area contributed by atoms with E-state index < -0.39 is 48.6 Å². The van der Waals surface area contributed by atoms with E-state index in [9.17, 15) is 28.0 Å². The summed E-state index contributed by atoms with van der Waals surface area (Å²) in [5.74, 6) is -3.59. The normalized spacial score (nSPS) is 13.4. The molecule has 10 heteroatoms. The molecule has 1 saturated heterocycles. The number of piperazine rings is 1. The topological polar surface area (TPSA) is 93.2 Å². The van der Waals surface area contributed by atoms with Crippen molar-refractivity contribution in [3.8, 4) is 0 Å². The SMILES string of the molecule is Cc1ccc(C(=O)OCC(=O)N2CCN(C(=O)COC(=O)c3ccc(C)c(F)c3)CC2)cc1F. The highest BCUT2D eigenvalue weighted by atomic mass is 19.1. The lowest BCUT2D eigenvalue weighted by Crippen LogP contribution is -2.52. The first-order chi connectivity index (χ1) is 16.2. The zero-order chi connectivity index (χ0) is 24.8. The Morgan fingerprint density at radius 3 is 1.38 bits per heavy atom. The maximum Gasteiger partial charge on any atom is 0.338 e. The second-order valence-corrected chi connectivity index (χ2v) is 7.84. The van der Waals surface area contributed by atoms with Gasteiger partial charge in [0, 0.05) is 26.2 Å². The summed E-state index contributed by atoms with van der Waals surface area (Å²) >= 11 is 0. The van der Waals surface area contributed by atoms with Crippen LogP contribution in [0.1, 0.15) is 31.8 Å². The van der Waals surface area contributed by atoms with Crippen LogP contribution in [0.3, 0.4) is 0 Å². The van der Waals surface area contributed by atoms with Crippen molar-refractivity contribution in [3.63, 3.8) is 0 Å². The molecule has 0 bridgehead atoms. The van der Waals surface area contributed by atoms with Gasteiger partial charge in [0.05, 0.1) is 11.1 Å². The number of carbonyl (C=O) groups is 4. The Balaban J connectivity index is 1.41. The Hall–Kier alpha value is -3.82. The molecule has 0 atom stereocenters. The third-order valence-corrected chi connectivity index (χ3v) is 5.45. The van der Waals surface area contributed by atoms with E-state index in [-0.39, 0.29) is 37.3 Å². The van der Waals surface area contributed by atoms with Crippen LogP contribution in [0.15, 0.2) is 36.4 Å². The van der Waals surface area contributed by atoms with Crippen molar-refractivity contribution < 1.29 is 37.4 Å². The molecular formula is C24H24F2N2O6. The minimum absolute atomic E-state index is 0.00855. The number of nitrogens with zero attached hydrogens (tertiary/aromatic N) is 2. The molecule has 0 aromatic heterocycles. The number of halogens is 2. The highest BCUT2D eigenvalue weighted by molar-refractivity contribution is 5.92. The molecule has 1 aliphatic rings. The number of rotatable bonds is 6. The predicted molar refractivity (Wildman–Crippen MR) is 116 cm³/mol. The Labute approximate surface area is 195 Å². The van der Waals surface area contributed by atoms with E-state index in [1.54, 1.807) is 13.8 Å². The third kappa shape index (κ3) is 6.15. The fourth-order valence-electron chi connectivity index (χ4n) is 3.25. The van der Waals surface area contributed by atoms with E-state index in [0.29, 0.717) is 11.1 Å². The molecule has 2 aromatic carbocycles. The minimum Gasteiger partial charge on any atom is -0.452 e. The molecule has 0 unspecified atom stereocenters. The van der Waals surface area contributed by atoms with Crippen molar-refractivity contribution in [2.24, 2.45) is 0 Å². The number of hydrogen-bond acceptors (Lipinski definition) is 6. The van der Waals surface area contributed by atoms with Crippen LogP contribution in [-0.2, 0) is 19.1 Å². The molecule has 3 rings (SSSR count). The second kappa shape index (κ2) is 10.9. The molecule has 1 aliphatic heterocycles. The van der Waals surface area contributed by atoms with E-state index in [1.807, 2.05) is 0 Å². The fraction of sp³-hybridized carbons (Fsp3) is 0.333. The van der Waals surface area contributed by atoms with Crippen LogP contribution in [0.5, 0.6) is 0 Å². The molecule has 1 heterocycles. The standard InChI is InChI=1S/C24H24F2N2O6/c1-15-3-5-17(11-19(15)25)23(31)33-13-21(29)27-7-9-28(10-8-27)22(30)14-34-24(32)18-6-4-16(2)20(26)12-18/h3-6,11-12H,7-10,13-14H2,1-2H3. The summed E-state index contributed by atoms with van der Waals surface area (Å²) < 4.78 is 37.1.